The van der Waals surface area contributed by atoms with E-state index in [2.05, 4.69) is 22.0 Å². The highest BCUT2D eigenvalue weighted by Gasteiger charge is 2.15. The zero-order valence-corrected chi connectivity index (χ0v) is 17.3. The standard InChI is InChI=1S/C22H21Cl2N3O2/c23-16-6-7-18-20(14-16)25-22(29)27(21(18)28)11-3-10-26-12-8-15(9-13-26)17-4-1-2-5-19(17)24/h1-2,4-8,14H,3,9-13H2,(H,25,29). The summed E-state index contributed by atoms with van der Waals surface area (Å²) in [5, 5.41) is 1.74. The molecule has 7 heteroatoms. The molecule has 150 valence electrons. The van der Waals surface area contributed by atoms with Crippen LogP contribution in [-0.4, -0.2) is 34.1 Å². The molecule has 0 saturated heterocycles. The Labute approximate surface area is 178 Å². The van der Waals surface area contributed by atoms with E-state index in [-0.39, 0.29) is 5.56 Å². The van der Waals surface area contributed by atoms with Crippen molar-refractivity contribution in [2.45, 2.75) is 19.4 Å². The molecule has 1 aliphatic rings. The Balaban J connectivity index is 1.40. The van der Waals surface area contributed by atoms with E-state index in [1.54, 1.807) is 18.2 Å². The van der Waals surface area contributed by atoms with Gasteiger partial charge in [-0.2, -0.15) is 0 Å². The van der Waals surface area contributed by atoms with Gasteiger partial charge in [0, 0.05) is 36.2 Å². The van der Waals surface area contributed by atoms with E-state index in [1.165, 1.54) is 10.1 Å². The zero-order chi connectivity index (χ0) is 20.4. The van der Waals surface area contributed by atoms with Crippen molar-refractivity contribution < 1.29 is 0 Å². The molecule has 0 spiro atoms. The molecule has 29 heavy (non-hydrogen) atoms. The Morgan fingerprint density at radius 3 is 2.62 bits per heavy atom. The topological polar surface area (TPSA) is 58.1 Å². The SMILES string of the molecule is O=c1[nH]c2cc(Cl)ccc2c(=O)n1CCCN1CC=C(c2ccccc2Cl)CC1. The number of rotatable bonds is 5. The smallest absolute Gasteiger partial charge is 0.307 e. The van der Waals surface area contributed by atoms with E-state index in [4.69, 9.17) is 23.2 Å². The number of hydrogen-bond donors (Lipinski definition) is 1. The fourth-order valence-corrected chi connectivity index (χ4v) is 4.19. The summed E-state index contributed by atoms with van der Waals surface area (Å²) < 4.78 is 1.27. The third-order valence-corrected chi connectivity index (χ3v) is 5.88. The largest absolute Gasteiger partial charge is 0.328 e. The minimum Gasteiger partial charge on any atom is -0.307 e. The van der Waals surface area contributed by atoms with Crippen molar-refractivity contribution in [3.05, 3.63) is 85.0 Å². The Hall–Kier alpha value is -2.34. The Bertz CT molecular complexity index is 1200. The van der Waals surface area contributed by atoms with Crippen molar-refractivity contribution in [1.29, 1.82) is 0 Å². The van der Waals surface area contributed by atoms with Gasteiger partial charge in [-0.05, 0) is 48.2 Å². The second-order valence-corrected chi connectivity index (χ2v) is 8.03. The quantitative estimate of drug-likeness (QED) is 0.661. The Morgan fingerprint density at radius 1 is 1.03 bits per heavy atom. The molecule has 0 radical (unpaired) electrons. The molecule has 0 saturated carbocycles. The van der Waals surface area contributed by atoms with E-state index in [9.17, 15) is 9.59 Å². The summed E-state index contributed by atoms with van der Waals surface area (Å²) in [6, 6.07) is 12.8. The highest BCUT2D eigenvalue weighted by Crippen LogP contribution is 2.28. The van der Waals surface area contributed by atoms with Crippen LogP contribution in [0, 0.1) is 0 Å². The Kier molecular flexibility index (Phi) is 5.90. The highest BCUT2D eigenvalue weighted by molar-refractivity contribution is 6.32. The van der Waals surface area contributed by atoms with Gasteiger partial charge in [0.05, 0.1) is 10.9 Å². The van der Waals surface area contributed by atoms with Crippen LogP contribution in [0.15, 0.2) is 58.1 Å². The van der Waals surface area contributed by atoms with Crippen LogP contribution >= 0.6 is 23.2 Å². The predicted octanol–water partition coefficient (Wildman–Crippen LogP) is 4.18. The van der Waals surface area contributed by atoms with Crippen LogP contribution in [-0.2, 0) is 6.54 Å². The Morgan fingerprint density at radius 2 is 1.86 bits per heavy atom. The average Bonchev–Trinajstić information content (AvgIpc) is 2.71. The van der Waals surface area contributed by atoms with Crippen molar-refractivity contribution in [2.24, 2.45) is 0 Å². The average molecular weight is 430 g/mol. The van der Waals surface area contributed by atoms with Gasteiger partial charge in [0.25, 0.3) is 5.56 Å². The van der Waals surface area contributed by atoms with Gasteiger partial charge in [-0.1, -0.05) is 47.5 Å². The molecular formula is C22H21Cl2N3O2. The van der Waals surface area contributed by atoms with Gasteiger partial charge in [0.1, 0.15) is 0 Å². The summed E-state index contributed by atoms with van der Waals surface area (Å²) in [5.41, 5.74) is 2.16. The molecule has 0 fully saturated rings. The van der Waals surface area contributed by atoms with E-state index < -0.39 is 5.69 Å². The fourth-order valence-electron chi connectivity index (χ4n) is 3.76. The predicted molar refractivity (Wildman–Crippen MR) is 119 cm³/mol. The third kappa shape index (κ3) is 4.32. The molecule has 0 bridgehead atoms. The summed E-state index contributed by atoms with van der Waals surface area (Å²) in [6.45, 7) is 2.96. The summed E-state index contributed by atoms with van der Waals surface area (Å²) in [5.74, 6) is 0. The molecule has 1 N–H and O–H groups in total. The van der Waals surface area contributed by atoms with Crippen LogP contribution < -0.4 is 11.2 Å². The van der Waals surface area contributed by atoms with Crippen molar-refractivity contribution in [3.63, 3.8) is 0 Å². The van der Waals surface area contributed by atoms with E-state index >= 15 is 0 Å². The van der Waals surface area contributed by atoms with Crippen LogP contribution in [0.25, 0.3) is 16.5 Å². The van der Waals surface area contributed by atoms with Gasteiger partial charge in [-0.15, -0.1) is 0 Å². The first-order valence-electron chi connectivity index (χ1n) is 9.61. The molecule has 0 unspecified atom stereocenters. The molecule has 1 aromatic heterocycles. The number of nitrogens with zero attached hydrogens (tertiary/aromatic N) is 2. The van der Waals surface area contributed by atoms with Gasteiger partial charge >= 0.3 is 5.69 Å². The maximum atomic E-state index is 12.6. The second kappa shape index (κ2) is 8.57. The molecular weight excluding hydrogens is 409 g/mol. The van der Waals surface area contributed by atoms with Crippen molar-refractivity contribution >= 4 is 39.7 Å². The molecule has 0 atom stereocenters. The number of nitrogens with one attached hydrogen (secondary N) is 1. The molecule has 2 aromatic carbocycles. The lowest BCUT2D eigenvalue weighted by molar-refractivity contribution is 0.290. The molecule has 3 aromatic rings. The van der Waals surface area contributed by atoms with Crippen LogP contribution in [0.3, 0.4) is 0 Å². The van der Waals surface area contributed by atoms with Crippen LogP contribution in [0.4, 0.5) is 0 Å². The lowest BCUT2D eigenvalue weighted by Crippen LogP contribution is -2.36. The lowest BCUT2D eigenvalue weighted by Gasteiger charge is -2.26. The van der Waals surface area contributed by atoms with Crippen molar-refractivity contribution in [2.75, 3.05) is 19.6 Å². The van der Waals surface area contributed by atoms with E-state index in [0.717, 1.165) is 43.1 Å². The molecule has 0 aliphatic carbocycles. The molecule has 1 aliphatic heterocycles. The van der Waals surface area contributed by atoms with Crippen LogP contribution in [0.5, 0.6) is 0 Å². The monoisotopic (exact) mass is 429 g/mol. The number of hydrogen-bond acceptors (Lipinski definition) is 3. The van der Waals surface area contributed by atoms with Gasteiger partial charge in [0.2, 0.25) is 0 Å². The van der Waals surface area contributed by atoms with Gasteiger partial charge in [0.15, 0.2) is 0 Å². The fraction of sp³-hybridized carbons (Fsp3) is 0.273. The number of aromatic amines is 1. The van der Waals surface area contributed by atoms with Crippen molar-refractivity contribution in [1.82, 2.24) is 14.5 Å². The summed E-state index contributed by atoms with van der Waals surface area (Å²) in [6.07, 6.45) is 3.86. The van der Waals surface area contributed by atoms with E-state index in [1.807, 2.05) is 18.2 Å². The van der Waals surface area contributed by atoms with Crippen LogP contribution in [0.2, 0.25) is 10.0 Å². The first kappa shape index (κ1) is 20.0. The second-order valence-electron chi connectivity index (χ2n) is 7.19. The lowest BCUT2D eigenvalue weighted by atomic mass is 9.99. The summed E-state index contributed by atoms with van der Waals surface area (Å²) in [7, 11) is 0. The number of H-pyrrole nitrogens is 1. The number of halogens is 2. The van der Waals surface area contributed by atoms with E-state index in [0.29, 0.717) is 22.5 Å². The summed E-state index contributed by atoms with van der Waals surface area (Å²) >= 11 is 12.2. The first-order chi connectivity index (χ1) is 14.0. The van der Waals surface area contributed by atoms with Crippen molar-refractivity contribution in [3.8, 4) is 0 Å². The minimum atomic E-state index is -0.399. The summed E-state index contributed by atoms with van der Waals surface area (Å²) in [4.78, 5) is 30.0. The molecule has 5 nitrogen and oxygen atoms in total. The zero-order valence-electron chi connectivity index (χ0n) is 15.8. The normalized spacial score (nSPS) is 14.9. The maximum Gasteiger partial charge on any atom is 0.328 e. The van der Waals surface area contributed by atoms with Gasteiger partial charge < -0.3 is 4.98 Å². The first-order valence-corrected chi connectivity index (χ1v) is 10.4. The molecule has 2 heterocycles. The molecule has 0 amide bonds. The van der Waals surface area contributed by atoms with Gasteiger partial charge in [-0.25, -0.2) is 4.79 Å². The van der Waals surface area contributed by atoms with Gasteiger partial charge in [-0.3, -0.25) is 14.3 Å². The number of benzene rings is 2. The highest BCUT2D eigenvalue weighted by atomic mass is 35.5. The molecule has 4 rings (SSSR count). The third-order valence-electron chi connectivity index (χ3n) is 5.31. The maximum absolute atomic E-state index is 12.6. The number of aromatic nitrogens is 2. The number of fused-ring (bicyclic) bond motifs is 1. The minimum absolute atomic E-state index is 0.278. The van der Waals surface area contributed by atoms with Crippen LogP contribution in [0.1, 0.15) is 18.4 Å².